The van der Waals surface area contributed by atoms with E-state index in [4.69, 9.17) is 9.47 Å². The van der Waals surface area contributed by atoms with Gasteiger partial charge in [-0.25, -0.2) is 4.79 Å². The monoisotopic (exact) mass is 279 g/mol. The van der Waals surface area contributed by atoms with Gasteiger partial charge in [-0.15, -0.1) is 0 Å². The summed E-state index contributed by atoms with van der Waals surface area (Å²) in [5.74, 6) is -0.228. The van der Waals surface area contributed by atoms with E-state index in [2.05, 4.69) is 5.32 Å². The Labute approximate surface area is 119 Å². The zero-order valence-electron chi connectivity index (χ0n) is 12.3. The number of esters is 1. The molecular formula is C15H21NO4. The van der Waals surface area contributed by atoms with Crippen molar-refractivity contribution < 1.29 is 19.1 Å². The molecule has 1 rings (SSSR count). The van der Waals surface area contributed by atoms with Crippen LogP contribution >= 0.6 is 0 Å². The normalized spacial score (nSPS) is 13.2. The van der Waals surface area contributed by atoms with Gasteiger partial charge in [0.25, 0.3) is 0 Å². The zero-order chi connectivity index (χ0) is 15.1. The number of methoxy groups -OCH3 is 1. The standard InChI is InChI=1S/C15H21NO4/c1-5-20-15(18)14(10(2)11(3)17)16-12-6-8-13(19-4)9-7-12/h6-10,14,16H,5H2,1-4H3. The molecule has 0 aromatic heterocycles. The van der Waals surface area contributed by atoms with E-state index in [9.17, 15) is 9.59 Å². The molecule has 0 saturated heterocycles. The third kappa shape index (κ3) is 4.26. The topological polar surface area (TPSA) is 64.6 Å². The first-order chi connectivity index (χ1) is 9.49. The Morgan fingerprint density at radius 3 is 2.30 bits per heavy atom. The van der Waals surface area contributed by atoms with Gasteiger partial charge < -0.3 is 14.8 Å². The van der Waals surface area contributed by atoms with Gasteiger partial charge in [0.05, 0.1) is 13.7 Å². The van der Waals surface area contributed by atoms with E-state index in [1.807, 2.05) is 0 Å². The molecule has 0 aliphatic carbocycles. The second kappa shape index (κ2) is 7.53. The molecule has 1 aromatic carbocycles. The first kappa shape index (κ1) is 16.0. The van der Waals surface area contributed by atoms with E-state index in [0.29, 0.717) is 0 Å². The number of rotatable bonds is 7. The van der Waals surface area contributed by atoms with Crippen LogP contribution < -0.4 is 10.1 Å². The van der Waals surface area contributed by atoms with Crippen LogP contribution in [0.1, 0.15) is 20.8 Å². The van der Waals surface area contributed by atoms with Crippen LogP contribution in [0, 0.1) is 5.92 Å². The van der Waals surface area contributed by atoms with E-state index in [0.717, 1.165) is 11.4 Å². The van der Waals surface area contributed by atoms with Crippen molar-refractivity contribution >= 4 is 17.4 Å². The molecule has 0 aliphatic rings. The van der Waals surface area contributed by atoms with Crippen LogP contribution in [-0.2, 0) is 14.3 Å². The maximum absolute atomic E-state index is 12.0. The fourth-order valence-electron chi connectivity index (χ4n) is 1.72. The molecule has 5 nitrogen and oxygen atoms in total. The number of hydrogen-bond acceptors (Lipinski definition) is 5. The minimum absolute atomic E-state index is 0.0657. The summed E-state index contributed by atoms with van der Waals surface area (Å²) in [7, 11) is 1.58. The Bertz CT molecular complexity index is 455. The van der Waals surface area contributed by atoms with Crippen LogP contribution in [-0.4, -0.2) is 31.5 Å². The van der Waals surface area contributed by atoms with Crippen molar-refractivity contribution in [1.29, 1.82) is 0 Å². The third-order valence-corrected chi connectivity index (χ3v) is 3.09. The minimum Gasteiger partial charge on any atom is -0.497 e. The summed E-state index contributed by atoms with van der Waals surface area (Å²) in [5, 5.41) is 3.05. The number of anilines is 1. The van der Waals surface area contributed by atoms with Gasteiger partial charge in [0.1, 0.15) is 17.6 Å². The molecule has 0 spiro atoms. The molecule has 0 amide bonds. The number of carbonyl (C=O) groups excluding carboxylic acids is 2. The maximum Gasteiger partial charge on any atom is 0.329 e. The van der Waals surface area contributed by atoms with Crippen LogP contribution in [0.5, 0.6) is 5.75 Å². The SMILES string of the molecule is CCOC(=O)C(Nc1ccc(OC)cc1)C(C)C(C)=O. The number of hydrogen-bond donors (Lipinski definition) is 1. The molecule has 1 N–H and O–H groups in total. The van der Waals surface area contributed by atoms with Crippen molar-refractivity contribution in [2.24, 2.45) is 5.92 Å². The van der Waals surface area contributed by atoms with E-state index in [1.54, 1.807) is 45.2 Å². The fraction of sp³-hybridized carbons (Fsp3) is 0.467. The first-order valence-corrected chi connectivity index (χ1v) is 6.57. The minimum atomic E-state index is -0.694. The Kier molecular flexibility index (Phi) is 6.03. The molecule has 110 valence electrons. The van der Waals surface area contributed by atoms with Gasteiger partial charge in [0.2, 0.25) is 0 Å². The number of ether oxygens (including phenoxy) is 2. The zero-order valence-corrected chi connectivity index (χ0v) is 12.3. The molecule has 0 radical (unpaired) electrons. The molecule has 20 heavy (non-hydrogen) atoms. The van der Waals surface area contributed by atoms with Gasteiger partial charge in [0.15, 0.2) is 0 Å². The molecule has 2 atom stereocenters. The van der Waals surface area contributed by atoms with Gasteiger partial charge in [-0.05, 0) is 38.1 Å². The molecule has 2 unspecified atom stereocenters. The van der Waals surface area contributed by atoms with Gasteiger partial charge >= 0.3 is 5.97 Å². The second-order valence-corrected chi connectivity index (χ2v) is 4.50. The van der Waals surface area contributed by atoms with Crippen LogP contribution in [0.3, 0.4) is 0 Å². The quantitative estimate of drug-likeness (QED) is 0.776. The highest BCUT2D eigenvalue weighted by atomic mass is 16.5. The highest BCUT2D eigenvalue weighted by Gasteiger charge is 2.29. The maximum atomic E-state index is 12.0. The summed E-state index contributed by atoms with van der Waals surface area (Å²) in [6.45, 7) is 5.19. The predicted molar refractivity (Wildman–Crippen MR) is 76.9 cm³/mol. The summed E-state index contributed by atoms with van der Waals surface area (Å²) >= 11 is 0. The Hall–Kier alpha value is -2.04. The predicted octanol–water partition coefficient (Wildman–Crippen LogP) is 2.26. The van der Waals surface area contributed by atoms with E-state index >= 15 is 0 Å². The van der Waals surface area contributed by atoms with Crippen molar-refractivity contribution in [2.75, 3.05) is 19.0 Å². The van der Waals surface area contributed by atoms with Gasteiger partial charge in [-0.3, -0.25) is 4.79 Å². The Morgan fingerprint density at radius 1 is 1.25 bits per heavy atom. The summed E-state index contributed by atoms with van der Waals surface area (Å²) in [5.41, 5.74) is 0.733. The average Bonchev–Trinajstić information content (AvgIpc) is 2.44. The van der Waals surface area contributed by atoms with E-state index < -0.39 is 17.9 Å². The molecule has 0 aliphatic heterocycles. The highest BCUT2D eigenvalue weighted by molar-refractivity contribution is 5.89. The van der Waals surface area contributed by atoms with E-state index in [1.165, 1.54) is 6.92 Å². The number of ketones is 1. The van der Waals surface area contributed by atoms with Crippen LogP contribution in [0.15, 0.2) is 24.3 Å². The smallest absolute Gasteiger partial charge is 0.329 e. The van der Waals surface area contributed by atoms with Crippen molar-refractivity contribution in [3.8, 4) is 5.75 Å². The summed E-state index contributed by atoms with van der Waals surface area (Å²) in [4.78, 5) is 23.5. The molecule has 1 aromatic rings. The highest BCUT2D eigenvalue weighted by Crippen LogP contribution is 2.19. The van der Waals surface area contributed by atoms with Crippen molar-refractivity contribution in [1.82, 2.24) is 0 Å². The Balaban J connectivity index is 2.87. The molecule has 5 heteroatoms. The Morgan fingerprint density at radius 2 is 1.85 bits per heavy atom. The third-order valence-electron chi connectivity index (χ3n) is 3.09. The first-order valence-electron chi connectivity index (χ1n) is 6.57. The summed E-state index contributed by atoms with van der Waals surface area (Å²) < 4.78 is 10.1. The lowest BCUT2D eigenvalue weighted by Crippen LogP contribution is -2.40. The molecule has 0 fully saturated rings. The van der Waals surface area contributed by atoms with Crippen molar-refractivity contribution in [3.05, 3.63) is 24.3 Å². The lowest BCUT2D eigenvalue weighted by atomic mass is 9.97. The number of nitrogens with one attached hydrogen (secondary N) is 1. The fourth-order valence-corrected chi connectivity index (χ4v) is 1.72. The van der Waals surface area contributed by atoms with Crippen molar-refractivity contribution in [3.63, 3.8) is 0 Å². The summed E-state index contributed by atoms with van der Waals surface area (Å²) in [6, 6.07) is 6.45. The van der Waals surface area contributed by atoms with Crippen molar-refractivity contribution in [2.45, 2.75) is 26.8 Å². The van der Waals surface area contributed by atoms with E-state index in [-0.39, 0.29) is 12.4 Å². The molecule has 0 saturated carbocycles. The van der Waals surface area contributed by atoms with Crippen LogP contribution in [0.25, 0.3) is 0 Å². The van der Waals surface area contributed by atoms with Gasteiger partial charge in [-0.2, -0.15) is 0 Å². The average molecular weight is 279 g/mol. The molecular weight excluding hydrogens is 258 g/mol. The summed E-state index contributed by atoms with van der Waals surface area (Å²) in [6.07, 6.45) is 0. The van der Waals surface area contributed by atoms with Gasteiger partial charge in [0, 0.05) is 11.6 Å². The number of carbonyl (C=O) groups is 2. The van der Waals surface area contributed by atoms with Crippen LogP contribution in [0.4, 0.5) is 5.69 Å². The largest absolute Gasteiger partial charge is 0.497 e. The van der Waals surface area contributed by atoms with Crippen LogP contribution in [0.2, 0.25) is 0 Å². The van der Waals surface area contributed by atoms with Gasteiger partial charge in [-0.1, -0.05) is 6.92 Å². The lowest BCUT2D eigenvalue weighted by Gasteiger charge is -2.22. The molecule has 0 heterocycles. The molecule has 0 bridgehead atoms. The second-order valence-electron chi connectivity index (χ2n) is 4.50. The lowest BCUT2D eigenvalue weighted by molar-refractivity contribution is -0.146. The number of Topliss-reactive ketones (excluding diaryl/α,β-unsaturated/α-hetero) is 1. The number of benzene rings is 1.